The minimum absolute atomic E-state index is 0.241. The fourth-order valence-corrected chi connectivity index (χ4v) is 7.50. The molecule has 1 fully saturated rings. The summed E-state index contributed by atoms with van der Waals surface area (Å²) >= 11 is 13.0. The summed E-state index contributed by atoms with van der Waals surface area (Å²) in [5, 5.41) is 3.86. The fourth-order valence-electron chi connectivity index (χ4n) is 6.15. The van der Waals surface area contributed by atoms with Crippen molar-refractivity contribution in [3.05, 3.63) is 105 Å². The lowest BCUT2D eigenvalue weighted by Gasteiger charge is -2.49. The van der Waals surface area contributed by atoms with E-state index in [-0.39, 0.29) is 11.8 Å². The molecule has 10 heteroatoms. The Balaban J connectivity index is 1.60. The third-order valence-electron chi connectivity index (χ3n) is 7.88. The van der Waals surface area contributed by atoms with E-state index in [1.807, 2.05) is 36.4 Å². The van der Waals surface area contributed by atoms with E-state index in [0.29, 0.717) is 52.5 Å². The van der Waals surface area contributed by atoms with Crippen LogP contribution in [-0.4, -0.2) is 50.0 Å². The van der Waals surface area contributed by atoms with Crippen LogP contribution in [0.15, 0.2) is 66.7 Å². The Morgan fingerprint density at radius 2 is 1.83 bits per heavy atom. The van der Waals surface area contributed by atoms with E-state index >= 15 is 0 Å². The topological polar surface area (TPSA) is 95.6 Å². The number of nitrogens with zero attached hydrogens (tertiary/aromatic N) is 1. The Labute approximate surface area is 251 Å². The van der Waals surface area contributed by atoms with Crippen LogP contribution in [0.3, 0.4) is 0 Å². The van der Waals surface area contributed by atoms with E-state index in [1.54, 1.807) is 35.2 Å². The molecule has 1 aliphatic carbocycles. The molecule has 5 rings (SSSR count). The zero-order valence-corrected chi connectivity index (χ0v) is 25.0. The van der Waals surface area contributed by atoms with E-state index in [1.165, 1.54) is 0 Å². The molecule has 1 radical (unpaired) electrons. The standard InChI is InChI=1S/C31H32Cl2N3O4S/c1-41(39,40)35-26-13-7-8-14-27(26)36-29(24-16-15-21(32)19-25(24)33)28(22-11-5-6-12-23(22)31(36)38)30(37)34-18-17-20-9-3-2-4-10-20/h2-3,5-6,9-12,15-16,19,26-29,35H,7-8,13-14,17-18H2,1H3,(H,34,37)/t26-,27-,28+,29-/m0/s1. The Morgan fingerprint density at radius 3 is 2.56 bits per heavy atom. The van der Waals surface area contributed by atoms with Crippen LogP contribution in [0.5, 0.6) is 0 Å². The molecule has 0 aromatic heterocycles. The summed E-state index contributed by atoms with van der Waals surface area (Å²) in [7, 11) is -3.55. The van der Waals surface area contributed by atoms with E-state index in [9.17, 15) is 18.0 Å². The van der Waals surface area contributed by atoms with Gasteiger partial charge in [0.25, 0.3) is 5.91 Å². The number of sulfonamides is 1. The molecular formula is C31H32Cl2N3O4S. The molecular weight excluding hydrogens is 581 g/mol. The molecule has 3 aromatic carbocycles. The second kappa shape index (κ2) is 12.5. The van der Waals surface area contributed by atoms with Crippen molar-refractivity contribution in [3.63, 3.8) is 0 Å². The highest BCUT2D eigenvalue weighted by molar-refractivity contribution is 7.88. The summed E-state index contributed by atoms with van der Waals surface area (Å²) in [5.74, 6) is -1.28. The Morgan fingerprint density at radius 1 is 1.05 bits per heavy atom. The van der Waals surface area contributed by atoms with E-state index in [2.05, 4.69) is 16.1 Å². The van der Waals surface area contributed by atoms with Crippen molar-refractivity contribution in [1.82, 2.24) is 14.9 Å². The summed E-state index contributed by atoms with van der Waals surface area (Å²) in [5.41, 5.74) is 2.66. The fraction of sp³-hybridized carbons (Fsp3) is 0.355. The maximum absolute atomic E-state index is 14.3. The number of hydrogen-bond donors (Lipinski definition) is 2. The van der Waals surface area contributed by atoms with Gasteiger partial charge in [0.1, 0.15) is 0 Å². The molecule has 0 spiro atoms. The van der Waals surface area contributed by atoms with E-state index in [0.717, 1.165) is 24.7 Å². The Bertz CT molecular complexity index is 1530. The molecule has 2 amide bonds. The lowest BCUT2D eigenvalue weighted by atomic mass is 9.76. The van der Waals surface area contributed by atoms with Crippen LogP contribution >= 0.6 is 23.2 Å². The molecule has 41 heavy (non-hydrogen) atoms. The maximum atomic E-state index is 14.3. The monoisotopic (exact) mass is 612 g/mol. The normalized spacial score (nSPS) is 22.7. The smallest absolute Gasteiger partial charge is 0.255 e. The largest absolute Gasteiger partial charge is 0.355 e. The van der Waals surface area contributed by atoms with Gasteiger partial charge in [0.2, 0.25) is 15.9 Å². The van der Waals surface area contributed by atoms with Gasteiger partial charge in [-0.25, -0.2) is 13.1 Å². The third-order valence-corrected chi connectivity index (χ3v) is 9.17. The highest BCUT2D eigenvalue weighted by atomic mass is 35.5. The van der Waals surface area contributed by atoms with Crippen molar-refractivity contribution < 1.29 is 18.0 Å². The molecule has 1 aliphatic heterocycles. The average molecular weight is 614 g/mol. The van der Waals surface area contributed by atoms with E-state index < -0.39 is 34.1 Å². The first-order chi connectivity index (χ1) is 19.6. The number of amides is 2. The minimum atomic E-state index is -3.55. The number of carbonyl (C=O) groups excluding carboxylic acids is 2. The molecule has 0 unspecified atom stereocenters. The molecule has 2 aliphatic rings. The van der Waals surface area contributed by atoms with Crippen LogP contribution in [0.25, 0.3) is 0 Å². The molecule has 0 saturated heterocycles. The summed E-state index contributed by atoms with van der Waals surface area (Å²) in [6, 6.07) is 21.1. The number of halogens is 2. The predicted octanol–water partition coefficient (Wildman–Crippen LogP) is 5.29. The van der Waals surface area contributed by atoms with Crippen LogP contribution in [-0.2, 0) is 21.2 Å². The maximum Gasteiger partial charge on any atom is 0.255 e. The highest BCUT2D eigenvalue weighted by Gasteiger charge is 2.49. The van der Waals surface area contributed by atoms with Crippen LogP contribution in [0.2, 0.25) is 10.0 Å². The average Bonchev–Trinajstić information content (AvgIpc) is 2.93. The lowest BCUT2D eigenvalue weighted by molar-refractivity contribution is -0.124. The zero-order chi connectivity index (χ0) is 29.1. The van der Waals surface area contributed by atoms with E-state index in [4.69, 9.17) is 23.2 Å². The second-order valence-corrected chi connectivity index (χ2v) is 13.3. The number of fused-ring (bicyclic) bond motifs is 1. The number of nitrogens with one attached hydrogen (secondary N) is 2. The quantitative estimate of drug-likeness (QED) is 0.361. The van der Waals surface area contributed by atoms with Gasteiger partial charge in [0.15, 0.2) is 0 Å². The van der Waals surface area contributed by atoms with Crippen LogP contribution in [0, 0.1) is 6.07 Å². The van der Waals surface area contributed by atoms with Gasteiger partial charge in [-0.3, -0.25) is 9.59 Å². The van der Waals surface area contributed by atoms with Gasteiger partial charge in [0.05, 0.1) is 18.2 Å². The first-order valence-corrected chi connectivity index (χ1v) is 16.4. The minimum Gasteiger partial charge on any atom is -0.355 e. The lowest BCUT2D eigenvalue weighted by Crippen LogP contribution is -2.59. The summed E-state index contributed by atoms with van der Waals surface area (Å²) in [6.45, 7) is 0.395. The second-order valence-electron chi connectivity index (χ2n) is 10.7. The number of hydrogen-bond acceptors (Lipinski definition) is 4. The Kier molecular flexibility index (Phi) is 9.04. The first-order valence-electron chi connectivity index (χ1n) is 13.7. The van der Waals surface area contributed by atoms with Crippen molar-refractivity contribution in [3.8, 4) is 0 Å². The molecule has 3 aromatic rings. The van der Waals surface area contributed by atoms with Crippen molar-refractivity contribution in [2.24, 2.45) is 0 Å². The van der Waals surface area contributed by atoms with Gasteiger partial charge < -0.3 is 10.2 Å². The molecule has 215 valence electrons. The van der Waals surface area contributed by atoms with Crippen LogP contribution < -0.4 is 10.0 Å². The summed E-state index contributed by atoms with van der Waals surface area (Å²) in [6.07, 6.45) is 4.56. The van der Waals surface area contributed by atoms with Gasteiger partial charge in [-0.15, -0.1) is 0 Å². The van der Waals surface area contributed by atoms with Gasteiger partial charge in [0, 0.05) is 34.2 Å². The number of carbonyl (C=O) groups is 2. The summed E-state index contributed by atoms with van der Waals surface area (Å²) < 4.78 is 27.4. The summed E-state index contributed by atoms with van der Waals surface area (Å²) in [4.78, 5) is 30.1. The Hall–Kier alpha value is -2.91. The van der Waals surface area contributed by atoms with Crippen molar-refractivity contribution >= 4 is 45.0 Å². The van der Waals surface area contributed by atoms with Crippen LogP contribution in [0.1, 0.15) is 64.7 Å². The first kappa shape index (κ1) is 29.6. The van der Waals surface area contributed by atoms with Crippen LogP contribution in [0.4, 0.5) is 0 Å². The van der Waals surface area contributed by atoms with Gasteiger partial charge in [-0.2, -0.15) is 0 Å². The zero-order valence-electron chi connectivity index (χ0n) is 22.6. The molecule has 2 N–H and O–H groups in total. The van der Waals surface area contributed by atoms with Gasteiger partial charge in [-0.1, -0.05) is 84.6 Å². The molecule has 4 atom stereocenters. The number of benzene rings is 3. The molecule has 1 saturated carbocycles. The van der Waals surface area contributed by atoms with Crippen molar-refractivity contribution in [1.29, 1.82) is 0 Å². The highest BCUT2D eigenvalue weighted by Crippen LogP contribution is 2.47. The number of rotatable bonds is 8. The van der Waals surface area contributed by atoms with Gasteiger partial charge >= 0.3 is 0 Å². The van der Waals surface area contributed by atoms with Gasteiger partial charge in [-0.05, 0) is 60.2 Å². The molecule has 7 nitrogen and oxygen atoms in total. The third kappa shape index (κ3) is 6.61. The molecule has 1 heterocycles. The SMILES string of the molecule is CS(=O)(=O)N[C@H]1CCCC[C@@H]1N1C(=O)c2ccccc2[C@@H](C(=O)NCCc2c[c]ccc2)[C@@H]1c1ccc(Cl)cc1Cl. The molecule has 0 bridgehead atoms. The predicted molar refractivity (Wildman–Crippen MR) is 161 cm³/mol. The van der Waals surface area contributed by atoms with Crippen molar-refractivity contribution in [2.75, 3.05) is 12.8 Å². The van der Waals surface area contributed by atoms with Crippen molar-refractivity contribution in [2.45, 2.75) is 56.1 Å².